The molecule has 3 N–H and O–H groups in total. The number of hydrogen-bond donors (Lipinski definition) is 3. The number of carbonyl (C=O) groups is 1. The monoisotopic (exact) mass is 427 g/mol. The van der Waals surface area contributed by atoms with Crippen molar-refractivity contribution in [3.8, 4) is 11.1 Å². The number of amides is 1. The lowest BCUT2D eigenvalue weighted by Gasteiger charge is -2.23. The highest BCUT2D eigenvalue weighted by Crippen LogP contribution is 2.39. The maximum atomic E-state index is 12.8. The maximum absolute atomic E-state index is 12.8. The molecule has 32 heavy (non-hydrogen) atoms. The minimum atomic E-state index is -0.390. The van der Waals surface area contributed by atoms with Gasteiger partial charge in [-0.25, -0.2) is 4.98 Å². The number of nitrogens with one attached hydrogen (secondary N) is 3. The molecule has 162 valence electrons. The van der Waals surface area contributed by atoms with Gasteiger partial charge in [-0.3, -0.25) is 25.6 Å². The molecule has 1 saturated carbocycles. The van der Waals surface area contributed by atoms with Crippen LogP contribution in [-0.4, -0.2) is 44.0 Å². The van der Waals surface area contributed by atoms with Crippen molar-refractivity contribution in [2.75, 3.05) is 5.32 Å². The van der Waals surface area contributed by atoms with E-state index in [0.717, 1.165) is 23.2 Å². The molecular weight excluding hydrogens is 402 g/mol. The van der Waals surface area contributed by atoms with E-state index >= 15 is 0 Å². The number of carbonyl (C=O) groups excluding carboxylic acids is 1. The fourth-order valence-corrected chi connectivity index (χ4v) is 3.35. The van der Waals surface area contributed by atoms with Crippen LogP contribution < -0.4 is 5.32 Å². The predicted molar refractivity (Wildman–Crippen MR) is 124 cm³/mol. The van der Waals surface area contributed by atoms with E-state index in [9.17, 15) is 4.79 Å². The molecule has 0 unspecified atom stereocenters. The van der Waals surface area contributed by atoms with Crippen molar-refractivity contribution in [1.82, 2.24) is 19.9 Å². The Morgan fingerprint density at radius 1 is 1.12 bits per heavy atom. The second-order valence-corrected chi connectivity index (χ2v) is 8.02. The van der Waals surface area contributed by atoms with Crippen LogP contribution in [0.4, 0.5) is 5.82 Å². The number of aromatic nitrogens is 3. The highest BCUT2D eigenvalue weighted by molar-refractivity contribution is 6.04. The van der Waals surface area contributed by atoms with Crippen LogP contribution in [0.2, 0.25) is 0 Å². The lowest BCUT2D eigenvalue weighted by molar-refractivity contribution is 0.102. The first-order valence-electron chi connectivity index (χ1n) is 10.5. The highest BCUT2D eigenvalue weighted by atomic mass is 16.1. The Morgan fingerprint density at radius 2 is 1.94 bits per heavy atom. The van der Waals surface area contributed by atoms with Crippen molar-refractivity contribution in [3.63, 3.8) is 0 Å². The molecule has 0 aromatic carbocycles. The molecule has 3 heterocycles. The Labute approximate surface area is 186 Å². The van der Waals surface area contributed by atoms with Crippen LogP contribution in [0.3, 0.4) is 0 Å². The van der Waals surface area contributed by atoms with Crippen molar-refractivity contribution >= 4 is 23.9 Å². The predicted octanol–water partition coefficient (Wildman–Crippen LogP) is 4.31. The number of amidine groups is 1. The third kappa shape index (κ3) is 4.69. The summed E-state index contributed by atoms with van der Waals surface area (Å²) in [4.78, 5) is 27.4. The Morgan fingerprint density at radius 3 is 2.59 bits per heavy atom. The van der Waals surface area contributed by atoms with Gasteiger partial charge in [0.1, 0.15) is 17.2 Å². The van der Waals surface area contributed by atoms with Gasteiger partial charge >= 0.3 is 0 Å². The summed E-state index contributed by atoms with van der Waals surface area (Å²) in [5.74, 6) is 0.611. The second-order valence-electron chi connectivity index (χ2n) is 8.02. The molecule has 0 aliphatic heterocycles. The lowest BCUT2D eigenvalue weighted by Crippen LogP contribution is -2.36. The van der Waals surface area contributed by atoms with Crippen LogP contribution in [0.1, 0.15) is 54.5 Å². The second kappa shape index (κ2) is 9.05. The summed E-state index contributed by atoms with van der Waals surface area (Å²) in [5.41, 5.74) is 3.54. The third-order valence-electron chi connectivity index (χ3n) is 5.29. The van der Waals surface area contributed by atoms with Crippen LogP contribution in [-0.2, 0) is 0 Å². The maximum Gasteiger partial charge on any atom is 0.275 e. The van der Waals surface area contributed by atoms with Crippen LogP contribution in [0.5, 0.6) is 0 Å². The Hall–Kier alpha value is -3.94. The summed E-state index contributed by atoms with van der Waals surface area (Å²) in [7, 11) is 0. The van der Waals surface area contributed by atoms with Crippen molar-refractivity contribution in [3.05, 3.63) is 71.9 Å². The lowest BCUT2D eigenvalue weighted by atomic mass is 10.1. The summed E-state index contributed by atoms with van der Waals surface area (Å²) in [6.07, 6.45) is 6.95. The smallest absolute Gasteiger partial charge is 0.275 e. The SMILES string of the molecule is CC(C)N(C=N)C(=N)c1cccc(NC(=O)c2cc(-c3ccc(C4CC4)nc3)ccn2)n1. The molecule has 1 amide bonds. The minimum absolute atomic E-state index is 0.0557. The van der Waals surface area contributed by atoms with Gasteiger partial charge in [0.05, 0.1) is 6.34 Å². The van der Waals surface area contributed by atoms with E-state index in [2.05, 4.69) is 20.3 Å². The average Bonchev–Trinajstić information content (AvgIpc) is 3.65. The first-order chi connectivity index (χ1) is 15.5. The fourth-order valence-electron chi connectivity index (χ4n) is 3.35. The van der Waals surface area contributed by atoms with Crippen LogP contribution in [0.25, 0.3) is 11.1 Å². The summed E-state index contributed by atoms with van der Waals surface area (Å²) in [6, 6.07) is 12.6. The number of nitrogens with zero attached hydrogens (tertiary/aromatic N) is 4. The van der Waals surface area contributed by atoms with Gasteiger partial charge in [-0.15, -0.1) is 0 Å². The topological polar surface area (TPSA) is 119 Å². The molecular formula is C24H25N7O. The zero-order chi connectivity index (χ0) is 22.7. The number of anilines is 1. The number of pyridine rings is 3. The van der Waals surface area contributed by atoms with Crippen molar-refractivity contribution in [2.24, 2.45) is 0 Å². The zero-order valence-corrected chi connectivity index (χ0v) is 18.0. The molecule has 1 fully saturated rings. The van der Waals surface area contributed by atoms with E-state index in [1.165, 1.54) is 17.7 Å². The quantitative estimate of drug-likeness (QED) is 0.383. The first kappa shape index (κ1) is 21.3. The van der Waals surface area contributed by atoms with Crippen LogP contribution in [0, 0.1) is 10.8 Å². The average molecular weight is 428 g/mol. The van der Waals surface area contributed by atoms with Gasteiger partial charge in [-0.1, -0.05) is 12.1 Å². The molecule has 3 aromatic rings. The summed E-state index contributed by atoms with van der Waals surface area (Å²) in [6.45, 7) is 3.78. The van der Waals surface area contributed by atoms with E-state index in [1.54, 1.807) is 30.5 Å². The summed E-state index contributed by atoms with van der Waals surface area (Å²) in [5, 5.41) is 18.6. The van der Waals surface area contributed by atoms with E-state index in [0.29, 0.717) is 17.4 Å². The van der Waals surface area contributed by atoms with Gasteiger partial charge in [-0.2, -0.15) is 0 Å². The van der Waals surface area contributed by atoms with Crippen LogP contribution in [0.15, 0.2) is 54.9 Å². The van der Waals surface area contributed by atoms with Gasteiger partial charge in [-0.05, 0) is 62.6 Å². The van der Waals surface area contributed by atoms with E-state index in [4.69, 9.17) is 10.8 Å². The van der Waals surface area contributed by atoms with Crippen molar-refractivity contribution in [1.29, 1.82) is 10.8 Å². The van der Waals surface area contributed by atoms with Gasteiger partial charge in [0.15, 0.2) is 5.84 Å². The van der Waals surface area contributed by atoms with Crippen molar-refractivity contribution < 1.29 is 4.79 Å². The minimum Gasteiger partial charge on any atom is -0.314 e. The van der Waals surface area contributed by atoms with Gasteiger partial charge < -0.3 is 10.2 Å². The molecule has 3 aromatic heterocycles. The molecule has 4 rings (SSSR count). The molecule has 0 bridgehead atoms. The fraction of sp³-hybridized carbons (Fsp3) is 0.250. The molecule has 0 radical (unpaired) electrons. The van der Waals surface area contributed by atoms with Gasteiger partial charge in [0.25, 0.3) is 5.91 Å². The number of hydrogen-bond acceptors (Lipinski definition) is 6. The standard InChI is InChI=1S/C24H25N7O/c1-15(2)31(14-25)23(26)20-4-3-5-22(29-20)30-24(32)21-12-17(10-11-27-21)18-8-9-19(28-13-18)16-6-7-16/h3-5,8-16,25-26H,6-7H2,1-2H3,(H,29,30,32). The molecule has 1 aliphatic carbocycles. The van der Waals surface area contributed by atoms with E-state index in [1.807, 2.05) is 38.2 Å². The number of rotatable bonds is 7. The molecule has 0 atom stereocenters. The summed E-state index contributed by atoms with van der Waals surface area (Å²) < 4.78 is 0. The molecule has 8 nitrogen and oxygen atoms in total. The Bertz CT molecular complexity index is 1150. The zero-order valence-electron chi connectivity index (χ0n) is 18.0. The Balaban J connectivity index is 1.50. The molecule has 0 spiro atoms. The molecule has 1 aliphatic rings. The van der Waals surface area contributed by atoms with Gasteiger partial charge in [0.2, 0.25) is 0 Å². The normalized spacial score (nSPS) is 13.0. The largest absolute Gasteiger partial charge is 0.314 e. The van der Waals surface area contributed by atoms with E-state index < -0.39 is 5.91 Å². The van der Waals surface area contributed by atoms with Gasteiger partial charge in [0, 0.05) is 35.6 Å². The summed E-state index contributed by atoms with van der Waals surface area (Å²) >= 11 is 0. The first-order valence-corrected chi connectivity index (χ1v) is 10.5. The molecule has 0 saturated heterocycles. The van der Waals surface area contributed by atoms with Crippen molar-refractivity contribution in [2.45, 2.75) is 38.6 Å². The molecule has 8 heteroatoms. The highest BCUT2D eigenvalue weighted by Gasteiger charge is 2.24. The Kier molecular flexibility index (Phi) is 6.02. The third-order valence-corrected chi connectivity index (χ3v) is 5.29. The van der Waals surface area contributed by atoms with E-state index in [-0.39, 0.29) is 17.6 Å². The van der Waals surface area contributed by atoms with Crippen LogP contribution >= 0.6 is 0 Å².